The van der Waals surface area contributed by atoms with Crippen LogP contribution in [0.4, 0.5) is 5.69 Å². The Kier molecular flexibility index (Phi) is 7.53. The van der Waals surface area contributed by atoms with Gasteiger partial charge < -0.3 is 10.2 Å². The molecule has 2 nitrogen and oxygen atoms in total. The summed E-state index contributed by atoms with van der Waals surface area (Å²) < 4.78 is 0. The summed E-state index contributed by atoms with van der Waals surface area (Å²) in [6.45, 7) is 3.98. The minimum absolute atomic E-state index is 0. The molecule has 0 aromatic heterocycles. The molecule has 16 heavy (non-hydrogen) atoms. The summed E-state index contributed by atoms with van der Waals surface area (Å²) in [4.78, 5) is 2.25. The molecule has 0 bridgehead atoms. The van der Waals surface area contributed by atoms with E-state index in [1.54, 1.807) is 0 Å². The van der Waals surface area contributed by atoms with Crippen LogP contribution in [-0.4, -0.2) is 26.2 Å². The lowest BCUT2D eigenvalue weighted by atomic mass is 10.2. The van der Waals surface area contributed by atoms with E-state index < -0.39 is 0 Å². The zero-order valence-corrected chi connectivity index (χ0v) is 11.7. The van der Waals surface area contributed by atoms with Gasteiger partial charge in [-0.3, -0.25) is 0 Å². The van der Waals surface area contributed by atoms with E-state index in [1.807, 2.05) is 18.2 Å². The number of hydrogen-bond donors (Lipinski definition) is 1. The first-order chi connectivity index (χ1) is 6.77. The molecule has 2 rings (SSSR count). The van der Waals surface area contributed by atoms with Gasteiger partial charge in [0.1, 0.15) is 0 Å². The van der Waals surface area contributed by atoms with E-state index in [-0.39, 0.29) is 24.8 Å². The number of nitrogens with one attached hydrogen (secondary N) is 1. The summed E-state index contributed by atoms with van der Waals surface area (Å²) >= 11 is 12.0. The van der Waals surface area contributed by atoms with Gasteiger partial charge in [0.05, 0.1) is 10.7 Å². The van der Waals surface area contributed by atoms with E-state index >= 15 is 0 Å². The Morgan fingerprint density at radius 1 is 1.06 bits per heavy atom. The number of piperazine rings is 1. The third-order valence-corrected chi connectivity index (χ3v) is 2.92. The maximum absolute atomic E-state index is 6.11. The molecular formula is C10H14Cl4N2. The van der Waals surface area contributed by atoms with Crippen LogP contribution in [0.2, 0.25) is 10.0 Å². The quantitative estimate of drug-likeness (QED) is 0.857. The molecule has 0 aliphatic carbocycles. The second kappa shape index (κ2) is 7.46. The Morgan fingerprint density at radius 2 is 1.69 bits per heavy atom. The molecule has 1 aliphatic heterocycles. The van der Waals surface area contributed by atoms with Crippen molar-refractivity contribution in [2.75, 3.05) is 31.1 Å². The van der Waals surface area contributed by atoms with E-state index in [0.717, 1.165) is 41.9 Å². The summed E-state index contributed by atoms with van der Waals surface area (Å²) in [7, 11) is 0. The Morgan fingerprint density at radius 3 is 2.31 bits per heavy atom. The molecule has 0 radical (unpaired) electrons. The average molecular weight is 304 g/mol. The Bertz CT molecular complexity index is 327. The topological polar surface area (TPSA) is 15.3 Å². The van der Waals surface area contributed by atoms with Crippen LogP contribution in [-0.2, 0) is 0 Å². The molecule has 0 atom stereocenters. The van der Waals surface area contributed by atoms with Crippen molar-refractivity contribution in [3.63, 3.8) is 0 Å². The molecule has 1 aromatic carbocycles. The van der Waals surface area contributed by atoms with Crippen molar-refractivity contribution in [2.45, 2.75) is 0 Å². The fourth-order valence-electron chi connectivity index (χ4n) is 1.63. The predicted molar refractivity (Wildman–Crippen MR) is 76.0 cm³/mol. The smallest absolute Gasteiger partial charge is 0.0640 e. The molecule has 1 aliphatic rings. The van der Waals surface area contributed by atoms with Gasteiger partial charge in [-0.15, -0.1) is 24.8 Å². The van der Waals surface area contributed by atoms with Crippen LogP contribution in [0.15, 0.2) is 18.2 Å². The van der Waals surface area contributed by atoms with Crippen molar-refractivity contribution >= 4 is 53.7 Å². The molecule has 0 saturated carbocycles. The first kappa shape index (κ1) is 16.1. The van der Waals surface area contributed by atoms with Crippen LogP contribution < -0.4 is 10.2 Å². The molecule has 92 valence electrons. The monoisotopic (exact) mass is 302 g/mol. The zero-order chi connectivity index (χ0) is 9.97. The zero-order valence-electron chi connectivity index (χ0n) is 8.58. The molecule has 1 heterocycles. The van der Waals surface area contributed by atoms with Crippen LogP contribution in [0.5, 0.6) is 0 Å². The second-order valence-electron chi connectivity index (χ2n) is 3.33. The van der Waals surface area contributed by atoms with Gasteiger partial charge >= 0.3 is 0 Å². The van der Waals surface area contributed by atoms with Gasteiger partial charge in [0.25, 0.3) is 0 Å². The molecule has 1 saturated heterocycles. The molecule has 1 fully saturated rings. The number of halogens is 4. The second-order valence-corrected chi connectivity index (χ2v) is 4.18. The van der Waals surface area contributed by atoms with E-state index in [2.05, 4.69) is 10.2 Å². The number of hydrogen-bond acceptors (Lipinski definition) is 2. The van der Waals surface area contributed by atoms with Crippen molar-refractivity contribution in [3.05, 3.63) is 28.2 Å². The van der Waals surface area contributed by atoms with Gasteiger partial charge in [-0.25, -0.2) is 0 Å². The van der Waals surface area contributed by atoms with E-state index in [9.17, 15) is 0 Å². The Hall–Kier alpha value is 0.140. The van der Waals surface area contributed by atoms with Gasteiger partial charge in [-0.05, 0) is 18.2 Å². The van der Waals surface area contributed by atoms with Crippen molar-refractivity contribution in [1.82, 2.24) is 5.32 Å². The first-order valence-corrected chi connectivity index (χ1v) is 5.44. The SMILES string of the molecule is Cl.Cl.Clc1ccc(Cl)c(N2CCNCC2)c1. The lowest BCUT2D eigenvalue weighted by Crippen LogP contribution is -2.43. The molecule has 1 aromatic rings. The fraction of sp³-hybridized carbons (Fsp3) is 0.400. The van der Waals surface area contributed by atoms with Crippen LogP contribution in [0, 0.1) is 0 Å². The van der Waals surface area contributed by atoms with Crippen LogP contribution in [0.3, 0.4) is 0 Å². The van der Waals surface area contributed by atoms with Crippen molar-refractivity contribution in [2.24, 2.45) is 0 Å². The minimum atomic E-state index is 0. The lowest BCUT2D eigenvalue weighted by molar-refractivity contribution is 0.589. The maximum Gasteiger partial charge on any atom is 0.0640 e. The van der Waals surface area contributed by atoms with Crippen LogP contribution in [0.1, 0.15) is 0 Å². The van der Waals surface area contributed by atoms with Gasteiger partial charge in [-0.2, -0.15) is 0 Å². The van der Waals surface area contributed by atoms with Gasteiger partial charge in [-0.1, -0.05) is 23.2 Å². The number of nitrogens with zero attached hydrogens (tertiary/aromatic N) is 1. The van der Waals surface area contributed by atoms with E-state index in [0.29, 0.717) is 0 Å². The summed E-state index contributed by atoms with van der Waals surface area (Å²) in [5.74, 6) is 0. The van der Waals surface area contributed by atoms with E-state index in [1.165, 1.54) is 0 Å². The predicted octanol–water partition coefficient (Wildman–Crippen LogP) is 3.25. The number of rotatable bonds is 1. The maximum atomic E-state index is 6.11. The summed E-state index contributed by atoms with van der Waals surface area (Å²) in [5, 5.41) is 4.81. The van der Waals surface area contributed by atoms with Crippen molar-refractivity contribution < 1.29 is 0 Å². The highest BCUT2D eigenvalue weighted by Gasteiger charge is 2.13. The minimum Gasteiger partial charge on any atom is -0.368 e. The molecule has 0 unspecified atom stereocenters. The highest BCUT2D eigenvalue weighted by Crippen LogP contribution is 2.28. The summed E-state index contributed by atoms with van der Waals surface area (Å²) in [6.07, 6.45) is 0. The number of anilines is 1. The van der Waals surface area contributed by atoms with Gasteiger partial charge in [0, 0.05) is 31.2 Å². The largest absolute Gasteiger partial charge is 0.368 e. The van der Waals surface area contributed by atoms with Gasteiger partial charge in [0.15, 0.2) is 0 Å². The van der Waals surface area contributed by atoms with Crippen LogP contribution in [0.25, 0.3) is 0 Å². The molecular weight excluding hydrogens is 290 g/mol. The third-order valence-electron chi connectivity index (χ3n) is 2.37. The molecule has 0 spiro atoms. The molecule has 0 amide bonds. The Labute approximate surface area is 118 Å². The highest BCUT2D eigenvalue weighted by molar-refractivity contribution is 6.35. The third kappa shape index (κ3) is 3.86. The summed E-state index contributed by atoms with van der Waals surface area (Å²) in [6, 6.07) is 5.59. The molecule has 1 N–H and O–H groups in total. The average Bonchev–Trinajstić information content (AvgIpc) is 2.23. The fourth-order valence-corrected chi connectivity index (χ4v) is 2.04. The van der Waals surface area contributed by atoms with Crippen molar-refractivity contribution in [1.29, 1.82) is 0 Å². The lowest BCUT2D eigenvalue weighted by Gasteiger charge is -2.30. The Balaban J connectivity index is 0.00000112. The van der Waals surface area contributed by atoms with Gasteiger partial charge in [0.2, 0.25) is 0 Å². The molecule has 6 heteroatoms. The standard InChI is InChI=1S/C10H12Cl2N2.2ClH/c11-8-1-2-9(12)10(7-8)14-5-3-13-4-6-14;;/h1-2,7,13H,3-6H2;2*1H. The normalized spacial score (nSPS) is 15.0. The van der Waals surface area contributed by atoms with Crippen molar-refractivity contribution in [3.8, 4) is 0 Å². The van der Waals surface area contributed by atoms with Crippen LogP contribution >= 0.6 is 48.0 Å². The van der Waals surface area contributed by atoms with E-state index in [4.69, 9.17) is 23.2 Å². The first-order valence-electron chi connectivity index (χ1n) is 4.68. The summed E-state index contributed by atoms with van der Waals surface area (Å²) in [5.41, 5.74) is 1.04. The number of benzene rings is 1. The highest BCUT2D eigenvalue weighted by atomic mass is 35.5.